The highest BCUT2D eigenvalue weighted by atomic mass is 35.5. The smallest absolute Gasteiger partial charge is 0.244 e. The highest BCUT2D eigenvalue weighted by Gasteiger charge is 2.25. The molecule has 0 spiro atoms. The zero-order valence-corrected chi connectivity index (χ0v) is 19.5. The third-order valence-corrected chi connectivity index (χ3v) is 7.62. The first-order valence-corrected chi connectivity index (χ1v) is 12.1. The van der Waals surface area contributed by atoms with Crippen LogP contribution in [0.15, 0.2) is 84.1 Å². The Morgan fingerprint density at radius 3 is 2.61 bits per heavy atom. The van der Waals surface area contributed by atoms with Crippen LogP contribution in [0.5, 0.6) is 0 Å². The Balaban J connectivity index is 1.54. The van der Waals surface area contributed by atoms with E-state index in [1.807, 2.05) is 54.7 Å². The van der Waals surface area contributed by atoms with Crippen LogP contribution in [0.25, 0.3) is 10.9 Å². The van der Waals surface area contributed by atoms with E-state index in [0.29, 0.717) is 5.02 Å². The molecule has 4 rings (SSSR count). The topological polar surface area (TPSA) is 95.2 Å². The lowest BCUT2D eigenvalue weighted by Gasteiger charge is -2.21. The normalized spacial score (nSPS) is 12.7. The molecule has 7 nitrogen and oxygen atoms in total. The predicted molar refractivity (Wildman–Crippen MR) is 129 cm³/mol. The van der Waals surface area contributed by atoms with Gasteiger partial charge in [-0.1, -0.05) is 48.0 Å². The van der Waals surface area contributed by atoms with Crippen LogP contribution in [0.1, 0.15) is 17.0 Å². The van der Waals surface area contributed by atoms with E-state index in [1.54, 1.807) is 0 Å². The molecule has 4 aromatic rings. The SMILES string of the molecule is CN(CC(=O)NCC(c1ccccc1Cl)c1c[nH]c2ccccc12)S(=O)(=O)c1cccnc1. The molecule has 33 heavy (non-hydrogen) atoms. The number of benzene rings is 2. The van der Waals surface area contributed by atoms with Gasteiger partial charge in [0, 0.05) is 54.0 Å². The third kappa shape index (κ3) is 4.93. The quantitative estimate of drug-likeness (QED) is 0.399. The van der Waals surface area contributed by atoms with Crippen molar-refractivity contribution in [1.29, 1.82) is 0 Å². The van der Waals surface area contributed by atoms with Crippen LogP contribution in [-0.2, 0) is 14.8 Å². The van der Waals surface area contributed by atoms with E-state index >= 15 is 0 Å². The van der Waals surface area contributed by atoms with Crippen LogP contribution in [0.4, 0.5) is 0 Å². The molecule has 1 unspecified atom stereocenters. The summed E-state index contributed by atoms with van der Waals surface area (Å²) in [6.07, 6.45) is 4.67. The second kappa shape index (κ2) is 9.74. The van der Waals surface area contributed by atoms with Crippen molar-refractivity contribution in [1.82, 2.24) is 19.6 Å². The van der Waals surface area contributed by atoms with E-state index in [9.17, 15) is 13.2 Å². The minimum atomic E-state index is -3.82. The Kier molecular flexibility index (Phi) is 6.78. The van der Waals surface area contributed by atoms with Gasteiger partial charge in [-0.2, -0.15) is 4.31 Å². The van der Waals surface area contributed by atoms with E-state index in [-0.39, 0.29) is 23.9 Å². The summed E-state index contributed by atoms with van der Waals surface area (Å²) in [4.78, 5) is 19.9. The maximum atomic E-state index is 12.7. The summed E-state index contributed by atoms with van der Waals surface area (Å²) in [6.45, 7) is -0.0639. The lowest BCUT2D eigenvalue weighted by Crippen LogP contribution is -2.39. The van der Waals surface area contributed by atoms with Gasteiger partial charge >= 0.3 is 0 Å². The second-order valence-corrected chi connectivity index (χ2v) is 10.1. The highest BCUT2D eigenvalue weighted by Crippen LogP contribution is 2.34. The first-order valence-electron chi connectivity index (χ1n) is 10.3. The summed E-state index contributed by atoms with van der Waals surface area (Å²) < 4.78 is 26.4. The number of amides is 1. The van der Waals surface area contributed by atoms with Crippen molar-refractivity contribution in [2.45, 2.75) is 10.8 Å². The molecule has 1 atom stereocenters. The molecule has 0 saturated carbocycles. The number of carbonyl (C=O) groups is 1. The van der Waals surface area contributed by atoms with Crippen molar-refractivity contribution in [3.05, 3.63) is 95.4 Å². The van der Waals surface area contributed by atoms with Crippen molar-refractivity contribution >= 4 is 38.4 Å². The number of halogens is 1. The summed E-state index contributed by atoms with van der Waals surface area (Å²) in [7, 11) is -2.45. The van der Waals surface area contributed by atoms with Crippen molar-refractivity contribution in [2.24, 2.45) is 0 Å². The largest absolute Gasteiger partial charge is 0.361 e. The molecule has 9 heteroatoms. The van der Waals surface area contributed by atoms with Gasteiger partial charge in [0.05, 0.1) is 6.54 Å². The van der Waals surface area contributed by atoms with E-state index in [4.69, 9.17) is 11.6 Å². The van der Waals surface area contributed by atoms with Crippen LogP contribution in [0, 0.1) is 0 Å². The molecule has 0 bridgehead atoms. The maximum absolute atomic E-state index is 12.7. The Labute approximate surface area is 197 Å². The number of pyridine rings is 1. The number of aromatic nitrogens is 2. The van der Waals surface area contributed by atoms with E-state index in [1.165, 1.54) is 31.6 Å². The Morgan fingerprint density at radius 2 is 1.85 bits per heavy atom. The fraction of sp³-hybridized carbons (Fsp3) is 0.167. The van der Waals surface area contributed by atoms with Gasteiger partial charge in [-0.05, 0) is 35.4 Å². The minimum absolute atomic E-state index is 0.0352. The fourth-order valence-corrected chi connectivity index (χ4v) is 5.13. The van der Waals surface area contributed by atoms with Gasteiger partial charge in [0.25, 0.3) is 0 Å². The first kappa shape index (κ1) is 23.0. The summed E-state index contributed by atoms with van der Waals surface area (Å²) in [6, 6.07) is 18.4. The fourth-order valence-electron chi connectivity index (χ4n) is 3.77. The number of likely N-dealkylation sites (N-methyl/N-ethyl adjacent to an activating group) is 1. The molecule has 0 aliphatic heterocycles. The standard InChI is InChI=1S/C24H23ClN4O3S/c1-29(33(31,32)17-7-6-12-26-13-17)16-24(30)28-15-20(18-8-2-4-10-22(18)25)21-14-27-23-11-5-3-9-19(21)23/h2-14,20,27H,15-16H2,1H3,(H,28,30). The van der Waals surface area contributed by atoms with Crippen LogP contribution >= 0.6 is 11.6 Å². The van der Waals surface area contributed by atoms with Crippen LogP contribution in [0.3, 0.4) is 0 Å². The van der Waals surface area contributed by atoms with Gasteiger partial charge in [-0.25, -0.2) is 8.42 Å². The number of para-hydroxylation sites is 1. The van der Waals surface area contributed by atoms with Gasteiger partial charge < -0.3 is 10.3 Å². The summed E-state index contributed by atoms with van der Waals surface area (Å²) in [5.41, 5.74) is 2.86. The van der Waals surface area contributed by atoms with Crippen molar-refractivity contribution in [3.8, 4) is 0 Å². The lowest BCUT2D eigenvalue weighted by atomic mass is 9.90. The number of nitrogens with zero attached hydrogens (tertiary/aromatic N) is 2. The number of H-pyrrole nitrogens is 1. The van der Waals surface area contributed by atoms with E-state index in [2.05, 4.69) is 15.3 Å². The highest BCUT2D eigenvalue weighted by molar-refractivity contribution is 7.89. The molecule has 0 fully saturated rings. The summed E-state index contributed by atoms with van der Waals surface area (Å²) >= 11 is 6.50. The predicted octanol–water partition coefficient (Wildman–Crippen LogP) is 3.79. The zero-order chi connectivity index (χ0) is 23.4. The molecule has 2 heterocycles. The van der Waals surface area contributed by atoms with Gasteiger partial charge in [-0.15, -0.1) is 0 Å². The molecule has 1 amide bonds. The van der Waals surface area contributed by atoms with Gasteiger partial charge in [0.1, 0.15) is 4.90 Å². The van der Waals surface area contributed by atoms with Crippen molar-refractivity contribution < 1.29 is 13.2 Å². The number of hydrogen-bond donors (Lipinski definition) is 2. The summed E-state index contributed by atoms with van der Waals surface area (Å²) in [5.74, 6) is -0.638. The van der Waals surface area contributed by atoms with Crippen LogP contribution in [-0.4, -0.2) is 48.7 Å². The molecule has 0 radical (unpaired) electrons. The molecule has 0 aliphatic rings. The molecule has 2 N–H and O–H groups in total. The molecule has 0 saturated heterocycles. The minimum Gasteiger partial charge on any atom is -0.361 e. The number of rotatable bonds is 8. The van der Waals surface area contributed by atoms with Gasteiger partial charge in [-0.3, -0.25) is 9.78 Å². The van der Waals surface area contributed by atoms with E-state index < -0.39 is 15.9 Å². The summed E-state index contributed by atoms with van der Waals surface area (Å²) in [5, 5.41) is 4.51. The number of carbonyl (C=O) groups excluding carboxylic acids is 1. The number of hydrogen-bond acceptors (Lipinski definition) is 4. The molecule has 0 aliphatic carbocycles. The third-order valence-electron chi connectivity index (χ3n) is 5.49. The van der Waals surface area contributed by atoms with Gasteiger partial charge in [0.15, 0.2) is 0 Å². The molecule has 2 aromatic carbocycles. The molecular weight excluding hydrogens is 460 g/mol. The van der Waals surface area contributed by atoms with Crippen molar-refractivity contribution in [3.63, 3.8) is 0 Å². The molecular formula is C24H23ClN4O3S. The number of sulfonamides is 1. The second-order valence-electron chi connectivity index (χ2n) is 7.62. The monoisotopic (exact) mass is 482 g/mol. The van der Waals surface area contributed by atoms with E-state index in [0.717, 1.165) is 26.3 Å². The average molecular weight is 483 g/mol. The Bertz CT molecular complexity index is 1370. The zero-order valence-electron chi connectivity index (χ0n) is 17.9. The maximum Gasteiger partial charge on any atom is 0.244 e. The Morgan fingerprint density at radius 1 is 1.09 bits per heavy atom. The van der Waals surface area contributed by atoms with Gasteiger partial charge in [0.2, 0.25) is 15.9 Å². The van der Waals surface area contributed by atoms with Crippen LogP contribution in [0.2, 0.25) is 5.02 Å². The number of fused-ring (bicyclic) bond motifs is 1. The molecule has 170 valence electrons. The van der Waals surface area contributed by atoms with Crippen LogP contribution < -0.4 is 5.32 Å². The molecule has 2 aromatic heterocycles. The number of aromatic amines is 1. The lowest BCUT2D eigenvalue weighted by molar-refractivity contribution is -0.121. The Hall–Kier alpha value is -3.20. The first-order chi connectivity index (χ1) is 15.9. The number of nitrogens with one attached hydrogen (secondary N) is 2. The van der Waals surface area contributed by atoms with Crippen molar-refractivity contribution in [2.75, 3.05) is 20.1 Å². The average Bonchev–Trinajstić information content (AvgIpc) is 3.25.